The third kappa shape index (κ3) is 3.34. The van der Waals surface area contributed by atoms with Gasteiger partial charge < -0.3 is 14.8 Å². The standard InChI is InChI=1S/C12H15IN2O4/c1-18-12(4-5-19-8-12)7-14-11-3-2-9(15(16)17)6-10(11)13/h2-3,6,14H,4-5,7-8H2,1H3. The van der Waals surface area contributed by atoms with Crippen LogP contribution in [0.15, 0.2) is 18.2 Å². The molecule has 1 unspecified atom stereocenters. The first-order valence-electron chi connectivity index (χ1n) is 5.87. The summed E-state index contributed by atoms with van der Waals surface area (Å²) >= 11 is 2.08. The molecule has 1 aliphatic rings. The maximum absolute atomic E-state index is 10.7. The molecule has 1 N–H and O–H groups in total. The Morgan fingerprint density at radius 3 is 2.95 bits per heavy atom. The van der Waals surface area contributed by atoms with Crippen LogP contribution in [0, 0.1) is 13.7 Å². The van der Waals surface area contributed by atoms with Crippen LogP contribution >= 0.6 is 22.6 Å². The number of non-ortho nitro benzene ring substituents is 1. The average molecular weight is 378 g/mol. The zero-order valence-electron chi connectivity index (χ0n) is 10.5. The van der Waals surface area contributed by atoms with Gasteiger partial charge >= 0.3 is 0 Å². The molecule has 1 saturated heterocycles. The third-order valence-electron chi connectivity index (χ3n) is 3.26. The maximum atomic E-state index is 10.7. The molecule has 2 rings (SSSR count). The molecule has 7 heteroatoms. The summed E-state index contributed by atoms with van der Waals surface area (Å²) in [7, 11) is 1.68. The Hall–Kier alpha value is -0.930. The van der Waals surface area contributed by atoms with Gasteiger partial charge in [-0.05, 0) is 28.7 Å². The minimum atomic E-state index is -0.395. The van der Waals surface area contributed by atoms with Gasteiger partial charge in [0.15, 0.2) is 0 Å². The molecule has 0 radical (unpaired) electrons. The van der Waals surface area contributed by atoms with Crippen molar-refractivity contribution in [2.45, 2.75) is 12.0 Å². The largest absolute Gasteiger partial charge is 0.381 e. The molecular weight excluding hydrogens is 363 g/mol. The van der Waals surface area contributed by atoms with Crippen LogP contribution in [-0.2, 0) is 9.47 Å². The van der Waals surface area contributed by atoms with Gasteiger partial charge in [-0.1, -0.05) is 0 Å². The number of nitro groups is 1. The molecular formula is C12H15IN2O4. The number of rotatable bonds is 5. The summed E-state index contributed by atoms with van der Waals surface area (Å²) in [6, 6.07) is 4.77. The fraction of sp³-hybridized carbons (Fsp3) is 0.500. The lowest BCUT2D eigenvalue weighted by Crippen LogP contribution is -2.39. The van der Waals surface area contributed by atoms with E-state index in [0.717, 1.165) is 15.7 Å². The van der Waals surface area contributed by atoms with Crippen molar-refractivity contribution in [2.75, 3.05) is 32.2 Å². The van der Waals surface area contributed by atoms with E-state index in [2.05, 4.69) is 27.9 Å². The Bertz CT molecular complexity index is 475. The van der Waals surface area contributed by atoms with Crippen LogP contribution in [0.25, 0.3) is 0 Å². The monoisotopic (exact) mass is 378 g/mol. The number of hydrogen-bond donors (Lipinski definition) is 1. The van der Waals surface area contributed by atoms with E-state index < -0.39 is 4.92 Å². The van der Waals surface area contributed by atoms with Gasteiger partial charge in [0.25, 0.3) is 5.69 Å². The van der Waals surface area contributed by atoms with Crippen molar-refractivity contribution in [1.29, 1.82) is 0 Å². The summed E-state index contributed by atoms with van der Waals surface area (Å²) in [6.45, 7) is 1.89. The normalized spacial score (nSPS) is 22.4. The average Bonchev–Trinajstić information content (AvgIpc) is 2.86. The van der Waals surface area contributed by atoms with E-state index in [-0.39, 0.29) is 11.3 Å². The molecule has 0 amide bonds. The summed E-state index contributed by atoms with van der Waals surface area (Å²) < 4.78 is 11.7. The number of benzene rings is 1. The second-order valence-electron chi connectivity index (χ2n) is 4.46. The summed E-state index contributed by atoms with van der Waals surface area (Å²) in [6.07, 6.45) is 0.847. The highest BCUT2D eigenvalue weighted by molar-refractivity contribution is 14.1. The van der Waals surface area contributed by atoms with Crippen molar-refractivity contribution in [2.24, 2.45) is 0 Å². The molecule has 1 heterocycles. The number of halogens is 1. The smallest absolute Gasteiger partial charge is 0.270 e. The number of methoxy groups -OCH3 is 1. The Morgan fingerprint density at radius 2 is 2.42 bits per heavy atom. The fourth-order valence-electron chi connectivity index (χ4n) is 1.98. The first-order valence-corrected chi connectivity index (χ1v) is 6.95. The fourth-order valence-corrected chi connectivity index (χ4v) is 2.67. The topological polar surface area (TPSA) is 73.6 Å². The molecule has 1 atom stereocenters. The molecule has 0 saturated carbocycles. The first-order chi connectivity index (χ1) is 9.06. The zero-order chi connectivity index (χ0) is 13.9. The number of anilines is 1. The predicted molar refractivity (Wildman–Crippen MR) is 79.5 cm³/mol. The van der Waals surface area contributed by atoms with Crippen LogP contribution in [0.1, 0.15) is 6.42 Å². The van der Waals surface area contributed by atoms with Crippen molar-refractivity contribution >= 4 is 34.0 Å². The zero-order valence-corrected chi connectivity index (χ0v) is 12.7. The molecule has 104 valence electrons. The minimum Gasteiger partial charge on any atom is -0.381 e. The molecule has 1 fully saturated rings. The summed E-state index contributed by atoms with van der Waals surface area (Å²) in [5.41, 5.74) is 0.667. The van der Waals surface area contributed by atoms with Gasteiger partial charge in [0.05, 0.1) is 11.5 Å². The minimum absolute atomic E-state index is 0.0978. The lowest BCUT2D eigenvalue weighted by Gasteiger charge is -2.26. The van der Waals surface area contributed by atoms with Crippen molar-refractivity contribution < 1.29 is 14.4 Å². The van der Waals surface area contributed by atoms with E-state index in [0.29, 0.717) is 19.8 Å². The molecule has 6 nitrogen and oxygen atoms in total. The molecule has 1 aromatic rings. The van der Waals surface area contributed by atoms with E-state index in [4.69, 9.17) is 9.47 Å². The quantitative estimate of drug-likeness (QED) is 0.484. The Kier molecular flexibility index (Phi) is 4.58. The third-order valence-corrected chi connectivity index (χ3v) is 4.16. The van der Waals surface area contributed by atoms with Crippen LogP contribution in [0.2, 0.25) is 0 Å². The van der Waals surface area contributed by atoms with Gasteiger partial charge in [-0.2, -0.15) is 0 Å². The number of ether oxygens (including phenoxy) is 2. The molecule has 1 aliphatic heterocycles. The van der Waals surface area contributed by atoms with Gasteiger partial charge in [-0.15, -0.1) is 0 Å². The van der Waals surface area contributed by atoms with Crippen molar-refractivity contribution in [3.05, 3.63) is 31.9 Å². The highest BCUT2D eigenvalue weighted by Gasteiger charge is 2.34. The van der Waals surface area contributed by atoms with Crippen LogP contribution in [0.3, 0.4) is 0 Å². The second-order valence-corrected chi connectivity index (χ2v) is 5.63. The van der Waals surface area contributed by atoms with Crippen LogP contribution in [-0.4, -0.2) is 37.4 Å². The second kappa shape index (κ2) is 6.02. The SMILES string of the molecule is COC1(CNc2ccc([N+](=O)[O-])cc2I)CCOC1. The highest BCUT2D eigenvalue weighted by Crippen LogP contribution is 2.27. The van der Waals surface area contributed by atoms with E-state index in [9.17, 15) is 10.1 Å². The van der Waals surface area contributed by atoms with Crippen molar-refractivity contribution in [3.63, 3.8) is 0 Å². The summed E-state index contributed by atoms with van der Waals surface area (Å²) in [5, 5.41) is 14.0. The molecule has 1 aromatic carbocycles. The van der Waals surface area contributed by atoms with Crippen molar-refractivity contribution in [1.82, 2.24) is 0 Å². The van der Waals surface area contributed by atoms with Crippen LogP contribution in [0.5, 0.6) is 0 Å². The number of nitro benzene ring substituents is 1. The van der Waals surface area contributed by atoms with E-state index >= 15 is 0 Å². The molecule has 0 spiro atoms. The Labute approximate surface area is 124 Å². The Morgan fingerprint density at radius 1 is 1.63 bits per heavy atom. The lowest BCUT2D eigenvalue weighted by atomic mass is 10.0. The molecule has 19 heavy (non-hydrogen) atoms. The number of nitrogens with one attached hydrogen (secondary N) is 1. The summed E-state index contributed by atoms with van der Waals surface area (Å²) in [5.74, 6) is 0. The maximum Gasteiger partial charge on any atom is 0.270 e. The summed E-state index contributed by atoms with van der Waals surface area (Å²) in [4.78, 5) is 10.3. The van der Waals surface area contributed by atoms with Crippen LogP contribution < -0.4 is 5.32 Å². The van der Waals surface area contributed by atoms with Gasteiger partial charge in [0.2, 0.25) is 0 Å². The van der Waals surface area contributed by atoms with Gasteiger partial charge in [0.1, 0.15) is 5.60 Å². The van der Waals surface area contributed by atoms with E-state index in [1.165, 1.54) is 6.07 Å². The number of hydrogen-bond acceptors (Lipinski definition) is 5. The predicted octanol–water partition coefficient (Wildman–Crippen LogP) is 2.42. The number of nitrogens with zero attached hydrogens (tertiary/aromatic N) is 1. The van der Waals surface area contributed by atoms with Gasteiger partial charge in [-0.3, -0.25) is 10.1 Å². The highest BCUT2D eigenvalue weighted by atomic mass is 127. The lowest BCUT2D eigenvalue weighted by molar-refractivity contribution is -0.384. The van der Waals surface area contributed by atoms with E-state index in [1.807, 2.05) is 0 Å². The Balaban J connectivity index is 2.05. The molecule has 0 aromatic heterocycles. The first kappa shape index (κ1) is 14.5. The van der Waals surface area contributed by atoms with Gasteiger partial charge in [-0.25, -0.2) is 0 Å². The molecule has 0 aliphatic carbocycles. The van der Waals surface area contributed by atoms with Gasteiger partial charge in [0, 0.05) is 48.1 Å². The van der Waals surface area contributed by atoms with Crippen LogP contribution in [0.4, 0.5) is 11.4 Å². The molecule has 0 bridgehead atoms. The van der Waals surface area contributed by atoms with E-state index in [1.54, 1.807) is 19.2 Å². The van der Waals surface area contributed by atoms with Crippen molar-refractivity contribution in [3.8, 4) is 0 Å².